The van der Waals surface area contributed by atoms with Crippen LogP contribution in [-0.2, 0) is 22.6 Å². The summed E-state index contributed by atoms with van der Waals surface area (Å²) < 4.78 is 62.6. The van der Waals surface area contributed by atoms with E-state index in [1.807, 2.05) is 12.1 Å². The molecule has 12 nitrogen and oxygen atoms in total. The molecule has 5 N–H and O–H groups in total. The highest BCUT2D eigenvalue weighted by molar-refractivity contribution is 5.46. The Morgan fingerprint density at radius 1 is 0.707 bits per heavy atom. The summed E-state index contributed by atoms with van der Waals surface area (Å²) in [6, 6.07) is 11.0. The standard InChI is InChI=1S/C26H34F3N7O5/c1-37-21-8-5-19(15-22(21)38-2)17-33-25-35-23(31-10-12-40-14-13-39-11-9-30)34-24(36-25)32-16-18-3-6-20(7-4-18)41-26(27,28)29/h3-8,15H,9-14,16-17,30H2,1-2H3,(H3,31,32,33,34,35,36). The van der Waals surface area contributed by atoms with Crippen molar-refractivity contribution in [3.8, 4) is 17.2 Å². The molecule has 0 saturated carbocycles. The van der Waals surface area contributed by atoms with E-state index in [9.17, 15) is 13.2 Å². The van der Waals surface area contributed by atoms with Crippen LogP contribution in [0.25, 0.3) is 0 Å². The third kappa shape index (κ3) is 11.5. The molecule has 0 unspecified atom stereocenters. The number of nitrogens with zero attached hydrogens (tertiary/aromatic N) is 3. The maximum Gasteiger partial charge on any atom is 0.573 e. The molecular formula is C26H34F3N7O5. The number of hydrogen-bond acceptors (Lipinski definition) is 12. The second-order valence-corrected chi connectivity index (χ2v) is 8.33. The molecule has 0 fully saturated rings. The Labute approximate surface area is 235 Å². The Bertz CT molecular complexity index is 1200. The average Bonchev–Trinajstić information content (AvgIpc) is 2.96. The predicted molar refractivity (Wildman–Crippen MR) is 146 cm³/mol. The zero-order chi connectivity index (χ0) is 29.5. The fraction of sp³-hybridized carbons (Fsp3) is 0.423. The lowest BCUT2D eigenvalue weighted by molar-refractivity contribution is -0.274. The van der Waals surface area contributed by atoms with Crippen LogP contribution < -0.4 is 35.9 Å². The summed E-state index contributed by atoms with van der Waals surface area (Å²) in [4.78, 5) is 13.2. The maximum absolute atomic E-state index is 12.4. The monoisotopic (exact) mass is 581 g/mol. The van der Waals surface area contributed by atoms with Gasteiger partial charge in [-0.15, -0.1) is 13.2 Å². The quantitative estimate of drug-likeness (QED) is 0.163. The Morgan fingerprint density at radius 2 is 1.27 bits per heavy atom. The van der Waals surface area contributed by atoms with Gasteiger partial charge in [0.15, 0.2) is 11.5 Å². The van der Waals surface area contributed by atoms with Crippen LogP contribution in [0.15, 0.2) is 42.5 Å². The lowest BCUT2D eigenvalue weighted by atomic mass is 10.2. The van der Waals surface area contributed by atoms with Gasteiger partial charge in [-0.05, 0) is 35.4 Å². The number of nitrogens with one attached hydrogen (secondary N) is 3. The van der Waals surface area contributed by atoms with E-state index >= 15 is 0 Å². The maximum atomic E-state index is 12.4. The highest BCUT2D eigenvalue weighted by Crippen LogP contribution is 2.28. The topological polar surface area (TPSA) is 147 Å². The fourth-order valence-corrected chi connectivity index (χ4v) is 3.42. The van der Waals surface area contributed by atoms with Gasteiger partial charge in [0.1, 0.15) is 5.75 Å². The summed E-state index contributed by atoms with van der Waals surface area (Å²) in [5.74, 6) is 1.75. The zero-order valence-electron chi connectivity index (χ0n) is 22.8. The number of benzene rings is 2. The number of ether oxygens (including phenoxy) is 5. The molecule has 0 aliphatic carbocycles. The molecule has 0 aliphatic rings. The first kappa shape index (κ1) is 31.4. The summed E-state index contributed by atoms with van der Waals surface area (Å²) in [5, 5.41) is 9.34. The van der Waals surface area contributed by atoms with E-state index in [2.05, 4.69) is 35.6 Å². The number of methoxy groups -OCH3 is 2. The van der Waals surface area contributed by atoms with Gasteiger partial charge >= 0.3 is 6.36 Å². The Hall–Kier alpha value is -4.08. The highest BCUT2D eigenvalue weighted by atomic mass is 19.4. The molecule has 41 heavy (non-hydrogen) atoms. The smallest absolute Gasteiger partial charge is 0.493 e. The molecule has 0 atom stereocenters. The van der Waals surface area contributed by atoms with Crippen molar-refractivity contribution in [2.45, 2.75) is 19.5 Å². The van der Waals surface area contributed by atoms with E-state index < -0.39 is 6.36 Å². The normalized spacial score (nSPS) is 11.2. The number of rotatable bonds is 18. The second-order valence-electron chi connectivity index (χ2n) is 8.33. The van der Waals surface area contributed by atoms with Crippen LogP contribution in [0.1, 0.15) is 11.1 Å². The molecule has 0 spiro atoms. The summed E-state index contributed by atoms with van der Waals surface area (Å²) >= 11 is 0. The second kappa shape index (κ2) is 16.2. The largest absolute Gasteiger partial charge is 0.573 e. The van der Waals surface area contributed by atoms with E-state index in [0.717, 1.165) is 5.56 Å². The van der Waals surface area contributed by atoms with Crippen molar-refractivity contribution in [1.82, 2.24) is 15.0 Å². The van der Waals surface area contributed by atoms with Crippen molar-refractivity contribution >= 4 is 17.8 Å². The number of halogens is 3. The number of anilines is 3. The SMILES string of the molecule is COc1ccc(CNc2nc(NCCOCCOCCN)nc(NCc3ccc(OC(F)(F)F)cc3)n2)cc1OC. The fourth-order valence-electron chi connectivity index (χ4n) is 3.42. The Kier molecular flexibility index (Phi) is 12.5. The van der Waals surface area contributed by atoms with Crippen LogP contribution in [0.3, 0.4) is 0 Å². The highest BCUT2D eigenvalue weighted by Gasteiger charge is 2.30. The molecule has 0 radical (unpaired) electrons. The number of nitrogens with two attached hydrogens (primary N) is 1. The summed E-state index contributed by atoms with van der Waals surface area (Å²) in [5.41, 5.74) is 6.98. The molecule has 0 amide bonds. The third-order valence-corrected chi connectivity index (χ3v) is 5.31. The van der Waals surface area contributed by atoms with E-state index in [1.54, 1.807) is 20.3 Å². The summed E-state index contributed by atoms with van der Waals surface area (Å²) in [6.45, 7) is 3.26. The van der Waals surface area contributed by atoms with E-state index in [-0.39, 0.29) is 18.2 Å². The zero-order valence-corrected chi connectivity index (χ0v) is 22.8. The summed E-state index contributed by atoms with van der Waals surface area (Å²) in [7, 11) is 3.12. The first-order valence-electron chi connectivity index (χ1n) is 12.7. The van der Waals surface area contributed by atoms with Gasteiger partial charge in [0.2, 0.25) is 17.8 Å². The molecule has 3 aromatic rings. The number of aromatic nitrogens is 3. The minimum absolute atomic E-state index is 0.247. The molecule has 1 aromatic heterocycles. The van der Waals surface area contributed by atoms with Crippen LogP contribution in [0.2, 0.25) is 0 Å². The predicted octanol–water partition coefficient (Wildman–Crippen LogP) is 3.42. The third-order valence-electron chi connectivity index (χ3n) is 5.31. The average molecular weight is 582 g/mol. The van der Waals surface area contributed by atoms with Crippen molar-refractivity contribution in [2.75, 3.05) is 69.7 Å². The molecule has 0 saturated heterocycles. The van der Waals surface area contributed by atoms with Crippen LogP contribution >= 0.6 is 0 Å². The van der Waals surface area contributed by atoms with Gasteiger partial charge in [-0.1, -0.05) is 18.2 Å². The van der Waals surface area contributed by atoms with Crippen molar-refractivity contribution in [3.05, 3.63) is 53.6 Å². The Morgan fingerprint density at radius 3 is 1.85 bits per heavy atom. The van der Waals surface area contributed by atoms with Crippen LogP contribution in [0.5, 0.6) is 17.2 Å². The van der Waals surface area contributed by atoms with Crippen LogP contribution in [0.4, 0.5) is 31.0 Å². The Balaban J connectivity index is 1.64. The minimum atomic E-state index is -4.75. The number of hydrogen-bond donors (Lipinski definition) is 4. The van der Waals surface area contributed by atoms with Crippen molar-refractivity contribution in [2.24, 2.45) is 5.73 Å². The van der Waals surface area contributed by atoms with Gasteiger partial charge in [0.25, 0.3) is 0 Å². The van der Waals surface area contributed by atoms with Crippen molar-refractivity contribution in [3.63, 3.8) is 0 Å². The molecule has 15 heteroatoms. The minimum Gasteiger partial charge on any atom is -0.493 e. The molecule has 0 bridgehead atoms. The van der Waals surface area contributed by atoms with E-state index in [4.69, 9.17) is 24.7 Å². The van der Waals surface area contributed by atoms with Gasteiger partial charge in [-0.25, -0.2) is 0 Å². The molecule has 0 aliphatic heterocycles. The lowest BCUT2D eigenvalue weighted by Crippen LogP contribution is -2.17. The molecular weight excluding hydrogens is 547 g/mol. The first-order chi connectivity index (χ1) is 19.8. The van der Waals surface area contributed by atoms with Gasteiger partial charge in [0.05, 0.1) is 40.6 Å². The van der Waals surface area contributed by atoms with Crippen molar-refractivity contribution < 1.29 is 36.9 Å². The van der Waals surface area contributed by atoms with Crippen LogP contribution in [0, 0.1) is 0 Å². The molecule has 2 aromatic carbocycles. The van der Waals surface area contributed by atoms with Crippen LogP contribution in [-0.4, -0.2) is 75.1 Å². The van der Waals surface area contributed by atoms with Gasteiger partial charge in [0, 0.05) is 26.2 Å². The van der Waals surface area contributed by atoms with Gasteiger partial charge in [-0.2, -0.15) is 15.0 Å². The van der Waals surface area contributed by atoms with E-state index in [1.165, 1.54) is 24.3 Å². The first-order valence-corrected chi connectivity index (χ1v) is 12.7. The van der Waals surface area contributed by atoms with E-state index in [0.29, 0.717) is 75.0 Å². The van der Waals surface area contributed by atoms with Gasteiger partial charge < -0.3 is 45.4 Å². The van der Waals surface area contributed by atoms with Crippen molar-refractivity contribution in [1.29, 1.82) is 0 Å². The van der Waals surface area contributed by atoms with Gasteiger partial charge in [-0.3, -0.25) is 0 Å². The number of alkyl halides is 3. The lowest BCUT2D eigenvalue weighted by Gasteiger charge is -2.13. The summed E-state index contributed by atoms with van der Waals surface area (Å²) in [6.07, 6.45) is -4.75. The molecule has 224 valence electrons. The molecule has 3 rings (SSSR count). The molecule has 1 heterocycles.